The number of hydrogen-bond acceptors (Lipinski definition) is 4. The molecule has 32 heavy (non-hydrogen) atoms. The molecule has 7 nitrogen and oxygen atoms in total. The van der Waals surface area contributed by atoms with Gasteiger partial charge in [-0.05, 0) is 25.0 Å². The number of rotatable bonds is 6. The van der Waals surface area contributed by atoms with Crippen LogP contribution in [0.1, 0.15) is 31.4 Å². The number of carbonyl (C=O) groups excluding carboxylic acids is 2. The first kappa shape index (κ1) is 22.4. The fourth-order valence-electron chi connectivity index (χ4n) is 5.02. The number of aliphatic hydroxyl groups excluding tert-OH is 1. The summed E-state index contributed by atoms with van der Waals surface area (Å²) >= 11 is 0. The van der Waals surface area contributed by atoms with Crippen molar-refractivity contribution in [2.24, 2.45) is 0 Å². The fourth-order valence-corrected chi connectivity index (χ4v) is 9.28. The molecule has 2 aromatic carbocycles. The third-order valence-corrected chi connectivity index (χ3v) is 11.4. The summed E-state index contributed by atoms with van der Waals surface area (Å²) < 4.78 is -1.08. The topological polar surface area (TPSA) is 98.1 Å². The van der Waals surface area contributed by atoms with Crippen LogP contribution in [-0.4, -0.2) is 59.2 Å². The monoisotopic (exact) mass is 456 g/mol. The van der Waals surface area contributed by atoms with Gasteiger partial charge in [0.1, 0.15) is 6.04 Å². The molecule has 3 atom stereocenters. The lowest BCUT2D eigenvalue weighted by molar-refractivity contribution is -0.157. The van der Waals surface area contributed by atoms with E-state index in [0.717, 1.165) is 11.1 Å². The van der Waals surface area contributed by atoms with E-state index < -0.39 is 38.1 Å². The van der Waals surface area contributed by atoms with Crippen LogP contribution in [0.25, 0.3) is 0 Å². The summed E-state index contributed by atoms with van der Waals surface area (Å²) in [6, 6.07) is 18.0. The van der Waals surface area contributed by atoms with Crippen LogP contribution >= 0.6 is 10.0 Å². The smallest absolute Gasteiger partial charge is 0.327 e. The van der Waals surface area contributed by atoms with Crippen LogP contribution < -0.4 is 0 Å². The van der Waals surface area contributed by atoms with Crippen LogP contribution in [0.4, 0.5) is 4.79 Å². The van der Waals surface area contributed by atoms with E-state index in [1.54, 1.807) is 18.7 Å². The van der Waals surface area contributed by atoms with Crippen LogP contribution in [-0.2, 0) is 22.7 Å². The Morgan fingerprint density at radius 3 is 1.91 bits per heavy atom. The summed E-state index contributed by atoms with van der Waals surface area (Å²) in [7, 11) is -2.60. The second kappa shape index (κ2) is 8.26. The van der Waals surface area contributed by atoms with Gasteiger partial charge in [-0.2, -0.15) is 0 Å². The third kappa shape index (κ3) is 3.29. The highest BCUT2D eigenvalue weighted by Crippen LogP contribution is 2.74. The molecule has 2 aromatic rings. The van der Waals surface area contributed by atoms with Crippen LogP contribution in [0.15, 0.2) is 60.7 Å². The highest BCUT2D eigenvalue weighted by atomic mass is 32.3. The van der Waals surface area contributed by atoms with Gasteiger partial charge in [-0.3, -0.25) is 9.59 Å². The summed E-state index contributed by atoms with van der Waals surface area (Å²) in [4.78, 5) is 41.8. The Morgan fingerprint density at radius 1 is 1.03 bits per heavy atom. The average Bonchev–Trinajstić information content (AvgIpc) is 2.94. The SMILES string of the molecule is CC1(C)[C@H](C(=O)O)N2C(=O)C[C@H]2S1(CO)C(=O)N(Cc1ccccc1)Cc1ccccc1. The van der Waals surface area contributed by atoms with E-state index in [4.69, 9.17) is 0 Å². The van der Waals surface area contributed by atoms with Gasteiger partial charge in [0, 0.05) is 17.8 Å². The maximum atomic E-state index is 14.3. The molecule has 2 aliphatic rings. The number of carboxylic acid groups (broad SMARTS) is 1. The van der Waals surface area contributed by atoms with Crippen molar-refractivity contribution in [2.75, 3.05) is 5.94 Å². The first-order valence-corrected chi connectivity index (χ1v) is 12.4. The van der Waals surface area contributed by atoms with E-state index in [0.29, 0.717) is 13.1 Å². The van der Waals surface area contributed by atoms with Gasteiger partial charge in [-0.25, -0.2) is 4.79 Å². The predicted octanol–water partition coefficient (Wildman–Crippen LogP) is 3.37. The zero-order valence-electron chi connectivity index (χ0n) is 18.2. The molecule has 0 spiro atoms. The molecule has 1 unspecified atom stereocenters. The fraction of sp³-hybridized carbons (Fsp3) is 0.375. The Labute approximate surface area is 189 Å². The number of fused-ring (bicyclic) bond motifs is 1. The van der Waals surface area contributed by atoms with Crippen LogP contribution in [0.3, 0.4) is 0 Å². The van der Waals surface area contributed by atoms with Crippen molar-refractivity contribution in [3.05, 3.63) is 71.8 Å². The first-order valence-electron chi connectivity index (χ1n) is 10.5. The Balaban J connectivity index is 1.77. The molecule has 4 rings (SSSR count). The summed E-state index contributed by atoms with van der Waals surface area (Å²) in [5, 5.41) is 19.8. The molecule has 0 saturated carbocycles. The van der Waals surface area contributed by atoms with Gasteiger partial charge in [0.2, 0.25) is 5.91 Å². The largest absolute Gasteiger partial charge is 0.480 e. The van der Waals surface area contributed by atoms with Gasteiger partial charge in [-0.1, -0.05) is 60.7 Å². The van der Waals surface area contributed by atoms with E-state index in [9.17, 15) is 24.6 Å². The number of amides is 2. The lowest BCUT2D eigenvalue weighted by Gasteiger charge is -2.51. The van der Waals surface area contributed by atoms with Crippen molar-refractivity contribution < 1.29 is 24.6 Å². The molecular formula is C24H28N2O5S. The molecule has 2 N–H and O–H groups in total. The standard InChI is InChI=1S/C24H28N2O5S/c1-24(2)21(22(29)30)26-19(28)13-20(26)32(24,16-27)23(31)25(14-17-9-5-3-6-10-17)15-18-11-7-4-8-12-18/h3-12,20-21,27H,13-16H2,1-2H3,(H,29,30)/t20-,21+/m1/s1. The molecule has 2 amide bonds. The van der Waals surface area contributed by atoms with Crippen molar-refractivity contribution in [3.63, 3.8) is 0 Å². The third-order valence-electron chi connectivity index (χ3n) is 6.73. The lowest BCUT2D eigenvalue weighted by Crippen LogP contribution is -2.57. The summed E-state index contributed by atoms with van der Waals surface area (Å²) in [5.41, 5.74) is 1.88. The molecule has 0 radical (unpaired) electrons. The Bertz CT molecular complexity index is 988. The van der Waals surface area contributed by atoms with Crippen molar-refractivity contribution in [1.29, 1.82) is 0 Å². The number of β-lactam (4-membered cyclic amide) rings is 1. The highest BCUT2D eigenvalue weighted by Gasteiger charge is 2.71. The van der Waals surface area contributed by atoms with Crippen LogP contribution in [0.2, 0.25) is 0 Å². The van der Waals surface area contributed by atoms with E-state index >= 15 is 0 Å². The number of hydrogen-bond donors (Lipinski definition) is 2. The van der Waals surface area contributed by atoms with Crippen molar-refractivity contribution in [2.45, 2.75) is 49.5 Å². The minimum absolute atomic E-state index is 0.0966. The van der Waals surface area contributed by atoms with Gasteiger partial charge >= 0.3 is 5.97 Å². The number of carboxylic acids is 1. The Kier molecular flexibility index (Phi) is 5.77. The second-order valence-corrected chi connectivity index (χ2v) is 12.6. The first-order chi connectivity index (χ1) is 15.2. The molecule has 8 heteroatoms. The maximum absolute atomic E-state index is 14.3. The number of aliphatic carboxylic acids is 1. The lowest BCUT2D eigenvalue weighted by atomic mass is 9.98. The van der Waals surface area contributed by atoms with Gasteiger partial charge in [-0.15, -0.1) is 10.0 Å². The minimum Gasteiger partial charge on any atom is -0.480 e. The van der Waals surface area contributed by atoms with Gasteiger partial charge in [0.05, 0.1) is 17.7 Å². The van der Waals surface area contributed by atoms with Crippen LogP contribution in [0.5, 0.6) is 0 Å². The van der Waals surface area contributed by atoms with Crippen molar-refractivity contribution in [3.8, 4) is 0 Å². The number of aliphatic hydroxyl groups is 1. The molecule has 2 aliphatic heterocycles. The zero-order chi connectivity index (χ0) is 23.1. The average molecular weight is 457 g/mol. The number of carbonyl (C=O) groups is 3. The van der Waals surface area contributed by atoms with Gasteiger partial charge in [0.25, 0.3) is 5.24 Å². The normalized spacial score (nSPS) is 27.7. The molecule has 170 valence electrons. The number of benzene rings is 2. The molecule has 2 saturated heterocycles. The van der Waals surface area contributed by atoms with E-state index in [-0.39, 0.29) is 17.6 Å². The Morgan fingerprint density at radius 2 is 1.53 bits per heavy atom. The quantitative estimate of drug-likeness (QED) is 0.650. The van der Waals surface area contributed by atoms with E-state index in [2.05, 4.69) is 0 Å². The van der Waals surface area contributed by atoms with E-state index in [1.165, 1.54) is 4.90 Å². The van der Waals surface area contributed by atoms with Gasteiger partial charge in [0.15, 0.2) is 0 Å². The van der Waals surface area contributed by atoms with E-state index in [1.807, 2.05) is 60.7 Å². The van der Waals surface area contributed by atoms with Crippen molar-refractivity contribution >= 4 is 27.1 Å². The van der Waals surface area contributed by atoms with Crippen LogP contribution in [0, 0.1) is 0 Å². The summed E-state index contributed by atoms with van der Waals surface area (Å²) in [6.07, 6.45) is 0.0966. The highest BCUT2D eigenvalue weighted by molar-refractivity contribution is 8.46. The zero-order valence-corrected chi connectivity index (χ0v) is 19.0. The van der Waals surface area contributed by atoms with Gasteiger partial charge < -0.3 is 20.0 Å². The minimum atomic E-state index is -2.60. The number of nitrogens with zero attached hydrogens (tertiary/aromatic N) is 2. The summed E-state index contributed by atoms with van der Waals surface area (Å²) in [5.74, 6) is -1.86. The maximum Gasteiger partial charge on any atom is 0.327 e. The predicted molar refractivity (Wildman–Crippen MR) is 123 cm³/mol. The second-order valence-electron chi connectivity index (χ2n) is 8.82. The Hall–Kier alpha value is -2.84. The molecule has 2 heterocycles. The molecule has 2 fully saturated rings. The molecular weight excluding hydrogens is 428 g/mol. The van der Waals surface area contributed by atoms with Crippen molar-refractivity contribution in [1.82, 2.24) is 9.80 Å². The molecule has 0 aliphatic carbocycles. The molecule has 0 aromatic heterocycles. The molecule has 0 bridgehead atoms. The summed E-state index contributed by atoms with van der Waals surface area (Å²) in [6.45, 7) is 4.09.